The number of likely N-dealkylation sites (N-methyl/N-ethyl adjacent to an activating group) is 1. The quantitative estimate of drug-likeness (QED) is 0.285. The molecule has 0 aromatic heterocycles. The van der Waals surface area contributed by atoms with E-state index >= 15 is 0 Å². The molecule has 0 spiro atoms. The molecule has 0 radical (unpaired) electrons. The van der Waals surface area contributed by atoms with Crippen LogP contribution in [-0.2, 0) is 33.3 Å². The standard InChI is InChI=1S/C32H47N3O9/c1-18-14-22-28(38)23(17-24(36)30(22)43-13-12-35(5)6)34-31(39)19(2)10-9-11-25(41-7)29(44-32(33)40)21(4)16-20(3)27(37)26(15-18)42-8/h9-11,16-18,20,25-27,29,37H,12-15H2,1-8H3,(H2,33,40)(H,34,39)/t18-,20+,25+,26+,27-,29+/m1/s1. The zero-order chi connectivity index (χ0) is 33.1. The Morgan fingerprint density at radius 1 is 1.14 bits per heavy atom. The summed E-state index contributed by atoms with van der Waals surface area (Å²) in [6.45, 7) is 7.68. The van der Waals surface area contributed by atoms with Crippen molar-refractivity contribution in [3.63, 3.8) is 0 Å². The normalized spacial score (nSPS) is 27.9. The molecule has 0 unspecified atom stereocenters. The Labute approximate surface area is 259 Å². The van der Waals surface area contributed by atoms with E-state index < -0.39 is 53.9 Å². The van der Waals surface area contributed by atoms with Crippen molar-refractivity contribution in [1.82, 2.24) is 10.2 Å². The summed E-state index contributed by atoms with van der Waals surface area (Å²) in [5, 5.41) is 13.8. The number of aliphatic hydroxyl groups excluding tert-OH is 1. The van der Waals surface area contributed by atoms with E-state index in [1.54, 1.807) is 39.0 Å². The second kappa shape index (κ2) is 17.0. The van der Waals surface area contributed by atoms with E-state index in [2.05, 4.69) is 5.32 Å². The number of ether oxygens (including phenoxy) is 4. The molecule has 2 bridgehead atoms. The van der Waals surface area contributed by atoms with E-state index in [4.69, 9.17) is 24.7 Å². The van der Waals surface area contributed by atoms with E-state index in [9.17, 15) is 24.3 Å². The van der Waals surface area contributed by atoms with Crippen LogP contribution >= 0.6 is 0 Å². The number of Topliss-reactive ketones (excluding diaryl/α,β-unsaturated/α-hetero) is 1. The van der Waals surface area contributed by atoms with E-state index in [1.807, 2.05) is 25.9 Å². The molecule has 2 aliphatic rings. The fourth-order valence-electron chi connectivity index (χ4n) is 5.05. The van der Waals surface area contributed by atoms with Crippen LogP contribution in [0.3, 0.4) is 0 Å². The highest BCUT2D eigenvalue weighted by Crippen LogP contribution is 2.29. The first-order chi connectivity index (χ1) is 20.7. The number of hydrogen-bond donors (Lipinski definition) is 3. The lowest BCUT2D eigenvalue weighted by atomic mass is 9.85. The molecule has 44 heavy (non-hydrogen) atoms. The Bertz CT molecular complexity index is 1230. The molecule has 6 atom stereocenters. The molecule has 12 heteroatoms. The number of carbonyl (C=O) groups excluding carboxylic acids is 4. The molecule has 1 aliphatic heterocycles. The summed E-state index contributed by atoms with van der Waals surface area (Å²) in [7, 11) is 6.64. The number of methoxy groups -OCH3 is 2. The number of fused-ring (bicyclic) bond motifs is 2. The van der Waals surface area contributed by atoms with Crippen molar-refractivity contribution >= 4 is 23.6 Å². The number of primary amides is 1. The molecule has 244 valence electrons. The van der Waals surface area contributed by atoms with Crippen molar-refractivity contribution in [3.05, 3.63) is 58.6 Å². The van der Waals surface area contributed by atoms with Crippen LogP contribution in [0.5, 0.6) is 0 Å². The molecule has 1 aliphatic carbocycles. The van der Waals surface area contributed by atoms with Gasteiger partial charge in [0.2, 0.25) is 11.6 Å². The minimum Gasteiger partial charge on any atom is -0.488 e. The van der Waals surface area contributed by atoms with Crippen LogP contribution in [0, 0.1) is 11.8 Å². The van der Waals surface area contributed by atoms with Gasteiger partial charge in [0.1, 0.15) is 12.7 Å². The van der Waals surface area contributed by atoms with Gasteiger partial charge in [-0.3, -0.25) is 14.4 Å². The van der Waals surface area contributed by atoms with Gasteiger partial charge < -0.3 is 40.0 Å². The average molecular weight is 618 g/mol. The molecular formula is C32H47N3O9. The van der Waals surface area contributed by atoms with Crippen LogP contribution in [0.1, 0.15) is 40.5 Å². The van der Waals surface area contributed by atoms with Gasteiger partial charge in [-0.15, -0.1) is 0 Å². The number of ketones is 2. The highest BCUT2D eigenvalue weighted by atomic mass is 16.6. The number of carbonyl (C=O) groups is 4. The van der Waals surface area contributed by atoms with Gasteiger partial charge in [0.25, 0.3) is 5.91 Å². The van der Waals surface area contributed by atoms with Gasteiger partial charge in [-0.2, -0.15) is 0 Å². The van der Waals surface area contributed by atoms with Crippen molar-refractivity contribution in [2.75, 3.05) is 41.5 Å². The SMILES string of the molecule is CO[C@H]1C=CC=C(C)C(=O)NC2=CC(=O)C(OCCN(C)C)=C(C[C@@H](C)C[C@H](OC)[C@H](O)[C@@H](C)C=C(C)[C@@H]1OC(N)=O)C2=O. The van der Waals surface area contributed by atoms with Gasteiger partial charge in [0, 0.05) is 43.9 Å². The lowest BCUT2D eigenvalue weighted by Crippen LogP contribution is -2.37. The first-order valence-corrected chi connectivity index (χ1v) is 14.6. The smallest absolute Gasteiger partial charge is 0.405 e. The van der Waals surface area contributed by atoms with Crippen LogP contribution in [0.15, 0.2) is 58.6 Å². The van der Waals surface area contributed by atoms with Crippen molar-refractivity contribution < 1.29 is 43.2 Å². The summed E-state index contributed by atoms with van der Waals surface area (Å²) in [6, 6.07) is 0. The molecule has 0 fully saturated rings. The van der Waals surface area contributed by atoms with Crippen LogP contribution in [0.4, 0.5) is 4.79 Å². The Hall–Kier alpha value is -3.58. The summed E-state index contributed by atoms with van der Waals surface area (Å²) in [4.78, 5) is 53.5. The van der Waals surface area contributed by atoms with Crippen LogP contribution in [0.2, 0.25) is 0 Å². The molecule has 4 N–H and O–H groups in total. The third kappa shape index (κ3) is 10.3. The zero-order valence-electron chi connectivity index (χ0n) is 26.9. The average Bonchev–Trinajstić information content (AvgIpc) is 2.95. The lowest BCUT2D eigenvalue weighted by molar-refractivity contribution is -0.121. The number of aliphatic hydroxyl groups is 1. The maximum absolute atomic E-state index is 13.7. The van der Waals surface area contributed by atoms with Gasteiger partial charge in [0.05, 0.1) is 17.9 Å². The molecule has 0 saturated carbocycles. The molecule has 1 heterocycles. The number of nitrogens with two attached hydrogens (primary N) is 1. The fraction of sp³-hybridized carbons (Fsp3) is 0.562. The third-order valence-electron chi connectivity index (χ3n) is 7.53. The van der Waals surface area contributed by atoms with Crippen LogP contribution in [0.25, 0.3) is 0 Å². The van der Waals surface area contributed by atoms with Gasteiger partial charge in [-0.05, 0) is 52.3 Å². The Morgan fingerprint density at radius 2 is 1.82 bits per heavy atom. The lowest BCUT2D eigenvalue weighted by Gasteiger charge is -2.30. The van der Waals surface area contributed by atoms with Crippen molar-refractivity contribution in [2.45, 2.75) is 65.0 Å². The summed E-state index contributed by atoms with van der Waals surface area (Å²) < 4.78 is 22.4. The van der Waals surface area contributed by atoms with Gasteiger partial charge in [-0.25, -0.2) is 4.79 Å². The fourth-order valence-corrected chi connectivity index (χ4v) is 5.05. The highest BCUT2D eigenvalue weighted by molar-refractivity contribution is 6.23. The molecule has 0 aromatic rings. The van der Waals surface area contributed by atoms with Gasteiger partial charge >= 0.3 is 6.09 Å². The number of nitrogens with zero attached hydrogens (tertiary/aromatic N) is 1. The molecule has 2 rings (SSSR count). The van der Waals surface area contributed by atoms with Crippen LogP contribution in [-0.4, -0.2) is 99.5 Å². The van der Waals surface area contributed by atoms with Crippen molar-refractivity contribution in [1.29, 1.82) is 0 Å². The first kappa shape index (κ1) is 36.6. The maximum Gasteiger partial charge on any atom is 0.405 e. The summed E-state index contributed by atoms with van der Waals surface area (Å²) >= 11 is 0. The number of nitrogens with one attached hydrogen (secondary N) is 1. The number of rotatable bonds is 7. The molecule has 0 saturated heterocycles. The van der Waals surface area contributed by atoms with Gasteiger partial charge in [-0.1, -0.05) is 38.2 Å². The molecule has 12 nitrogen and oxygen atoms in total. The zero-order valence-corrected chi connectivity index (χ0v) is 26.9. The number of allylic oxidation sites excluding steroid dienone is 4. The van der Waals surface area contributed by atoms with Crippen molar-refractivity contribution in [3.8, 4) is 0 Å². The summed E-state index contributed by atoms with van der Waals surface area (Å²) in [5.74, 6) is -2.35. The van der Waals surface area contributed by atoms with E-state index in [1.165, 1.54) is 20.3 Å². The highest BCUT2D eigenvalue weighted by Gasteiger charge is 2.34. The Kier molecular flexibility index (Phi) is 14.2. The predicted molar refractivity (Wildman–Crippen MR) is 164 cm³/mol. The molecule has 2 amide bonds. The van der Waals surface area contributed by atoms with Gasteiger partial charge in [0.15, 0.2) is 11.9 Å². The second-order valence-electron chi connectivity index (χ2n) is 11.5. The largest absolute Gasteiger partial charge is 0.488 e. The number of amides is 2. The minimum absolute atomic E-state index is 0.0460. The Morgan fingerprint density at radius 3 is 2.41 bits per heavy atom. The number of hydrogen-bond acceptors (Lipinski definition) is 10. The third-order valence-corrected chi connectivity index (χ3v) is 7.53. The van der Waals surface area contributed by atoms with E-state index in [0.29, 0.717) is 18.5 Å². The molecule has 0 aromatic carbocycles. The molecular weight excluding hydrogens is 570 g/mol. The van der Waals surface area contributed by atoms with Crippen LogP contribution < -0.4 is 11.1 Å². The first-order valence-electron chi connectivity index (χ1n) is 14.6. The maximum atomic E-state index is 13.7. The van der Waals surface area contributed by atoms with E-state index in [0.717, 1.165) is 6.08 Å². The summed E-state index contributed by atoms with van der Waals surface area (Å²) in [5.41, 5.74) is 6.17. The van der Waals surface area contributed by atoms with E-state index in [-0.39, 0.29) is 41.5 Å². The predicted octanol–water partition coefficient (Wildman–Crippen LogP) is 2.34. The Balaban J connectivity index is 2.60. The van der Waals surface area contributed by atoms with Crippen molar-refractivity contribution in [2.24, 2.45) is 17.6 Å². The second-order valence-corrected chi connectivity index (χ2v) is 11.5. The minimum atomic E-state index is -1.00. The summed E-state index contributed by atoms with van der Waals surface area (Å²) in [6.07, 6.45) is 3.63. The topological polar surface area (TPSA) is 167 Å². The monoisotopic (exact) mass is 617 g/mol.